The van der Waals surface area contributed by atoms with Gasteiger partial charge in [-0.3, -0.25) is 4.79 Å². The van der Waals surface area contributed by atoms with E-state index < -0.39 is 0 Å². The molecule has 2 aromatic rings. The fraction of sp³-hybridized carbons (Fsp3) is 0. The maximum absolute atomic E-state index is 10.9. The molecule has 6 heteroatoms. The van der Waals surface area contributed by atoms with Crippen molar-refractivity contribution >= 4 is 23.2 Å². The standard InChI is InChI=1S/C9H5Cl2N3O/c10-6-4-13-9(11)14-8(6)5-1-2-7(15)12-3-5/h1-4H,(H,12,15). The van der Waals surface area contributed by atoms with Crippen molar-refractivity contribution < 1.29 is 0 Å². The number of H-pyrrole nitrogens is 1. The maximum Gasteiger partial charge on any atom is 0.247 e. The molecular formula is C9H5Cl2N3O. The minimum Gasteiger partial charge on any atom is -0.328 e. The molecule has 2 rings (SSSR count). The summed E-state index contributed by atoms with van der Waals surface area (Å²) < 4.78 is 0. The first-order valence-electron chi connectivity index (χ1n) is 4.04. The van der Waals surface area contributed by atoms with Crippen LogP contribution in [-0.2, 0) is 0 Å². The third-order valence-electron chi connectivity index (χ3n) is 1.77. The van der Waals surface area contributed by atoms with Crippen LogP contribution in [0.4, 0.5) is 0 Å². The summed E-state index contributed by atoms with van der Waals surface area (Å²) in [6.07, 6.45) is 2.93. The Hall–Kier alpha value is -1.39. The first-order chi connectivity index (χ1) is 7.16. The zero-order valence-electron chi connectivity index (χ0n) is 7.37. The lowest BCUT2D eigenvalue weighted by molar-refractivity contribution is 1.16. The first kappa shape index (κ1) is 10.1. The average Bonchev–Trinajstić information content (AvgIpc) is 2.23. The molecule has 2 heterocycles. The first-order valence-corrected chi connectivity index (χ1v) is 4.79. The van der Waals surface area contributed by atoms with Crippen molar-refractivity contribution in [2.75, 3.05) is 0 Å². The highest BCUT2D eigenvalue weighted by Crippen LogP contribution is 2.24. The van der Waals surface area contributed by atoms with Crippen molar-refractivity contribution in [1.82, 2.24) is 15.0 Å². The minimum absolute atomic E-state index is 0.112. The van der Waals surface area contributed by atoms with E-state index in [-0.39, 0.29) is 10.8 Å². The van der Waals surface area contributed by atoms with E-state index in [1.165, 1.54) is 18.5 Å². The number of halogens is 2. The predicted molar refractivity (Wildman–Crippen MR) is 58.1 cm³/mol. The SMILES string of the molecule is O=c1ccc(-c2nc(Cl)ncc2Cl)c[nH]1. The highest BCUT2D eigenvalue weighted by Gasteiger charge is 2.06. The van der Waals surface area contributed by atoms with E-state index in [0.29, 0.717) is 16.3 Å². The molecule has 2 aromatic heterocycles. The van der Waals surface area contributed by atoms with E-state index in [9.17, 15) is 4.79 Å². The van der Waals surface area contributed by atoms with E-state index >= 15 is 0 Å². The van der Waals surface area contributed by atoms with Crippen molar-refractivity contribution in [3.63, 3.8) is 0 Å². The van der Waals surface area contributed by atoms with Gasteiger partial charge in [0.2, 0.25) is 10.8 Å². The predicted octanol–water partition coefficient (Wildman–Crippen LogP) is 2.14. The third kappa shape index (κ3) is 2.16. The molecule has 0 saturated heterocycles. The van der Waals surface area contributed by atoms with Crippen molar-refractivity contribution in [3.8, 4) is 11.3 Å². The Morgan fingerprint density at radius 2 is 2.07 bits per heavy atom. The van der Waals surface area contributed by atoms with E-state index in [2.05, 4.69) is 15.0 Å². The number of aromatic nitrogens is 3. The molecule has 0 aliphatic carbocycles. The summed E-state index contributed by atoms with van der Waals surface area (Å²) in [7, 11) is 0. The molecule has 0 unspecified atom stereocenters. The summed E-state index contributed by atoms with van der Waals surface area (Å²) in [5.41, 5.74) is 0.992. The smallest absolute Gasteiger partial charge is 0.247 e. The Labute approximate surface area is 94.9 Å². The quantitative estimate of drug-likeness (QED) is 0.779. The number of aromatic amines is 1. The molecule has 0 radical (unpaired) electrons. The second-order valence-electron chi connectivity index (χ2n) is 2.78. The van der Waals surface area contributed by atoms with Gasteiger partial charge < -0.3 is 4.98 Å². The van der Waals surface area contributed by atoms with Crippen LogP contribution < -0.4 is 5.56 Å². The van der Waals surface area contributed by atoms with E-state index in [1.807, 2.05) is 0 Å². The normalized spacial score (nSPS) is 10.3. The Morgan fingerprint density at radius 1 is 1.27 bits per heavy atom. The topological polar surface area (TPSA) is 58.6 Å². The molecule has 15 heavy (non-hydrogen) atoms. The van der Waals surface area contributed by atoms with Gasteiger partial charge in [-0.1, -0.05) is 11.6 Å². The molecular weight excluding hydrogens is 237 g/mol. The third-order valence-corrected chi connectivity index (χ3v) is 2.23. The number of rotatable bonds is 1. The Bertz CT molecular complexity index is 533. The molecule has 0 bridgehead atoms. The van der Waals surface area contributed by atoms with Crippen LogP contribution >= 0.6 is 23.2 Å². The van der Waals surface area contributed by atoms with Crippen LogP contribution in [0.1, 0.15) is 0 Å². The van der Waals surface area contributed by atoms with Gasteiger partial charge in [0.15, 0.2) is 0 Å². The van der Waals surface area contributed by atoms with Crippen molar-refractivity contribution in [3.05, 3.63) is 45.2 Å². The summed E-state index contributed by atoms with van der Waals surface area (Å²) in [6, 6.07) is 3.01. The molecule has 1 N–H and O–H groups in total. The molecule has 0 aliphatic rings. The van der Waals surface area contributed by atoms with Crippen molar-refractivity contribution in [2.24, 2.45) is 0 Å². The summed E-state index contributed by atoms with van der Waals surface area (Å²) in [5.74, 6) is 0. The van der Waals surface area contributed by atoms with E-state index in [1.54, 1.807) is 6.07 Å². The zero-order chi connectivity index (χ0) is 10.8. The lowest BCUT2D eigenvalue weighted by atomic mass is 10.2. The van der Waals surface area contributed by atoms with Crippen LogP contribution in [0.15, 0.2) is 29.3 Å². The van der Waals surface area contributed by atoms with Gasteiger partial charge in [0.05, 0.1) is 16.9 Å². The molecule has 76 valence electrons. The van der Waals surface area contributed by atoms with Gasteiger partial charge in [0.25, 0.3) is 0 Å². The van der Waals surface area contributed by atoms with Gasteiger partial charge in [-0.25, -0.2) is 9.97 Å². The van der Waals surface area contributed by atoms with Crippen LogP contribution in [-0.4, -0.2) is 15.0 Å². The monoisotopic (exact) mass is 241 g/mol. The van der Waals surface area contributed by atoms with Gasteiger partial charge >= 0.3 is 0 Å². The minimum atomic E-state index is -0.185. The summed E-state index contributed by atoms with van der Waals surface area (Å²) >= 11 is 11.5. The zero-order valence-corrected chi connectivity index (χ0v) is 8.88. The van der Waals surface area contributed by atoms with Gasteiger partial charge in [0, 0.05) is 17.8 Å². The molecule has 0 fully saturated rings. The molecule has 0 spiro atoms. The van der Waals surface area contributed by atoms with Crippen LogP contribution in [0, 0.1) is 0 Å². The highest BCUT2D eigenvalue weighted by atomic mass is 35.5. The van der Waals surface area contributed by atoms with Crippen LogP contribution in [0.2, 0.25) is 10.3 Å². The van der Waals surface area contributed by atoms with Crippen molar-refractivity contribution in [1.29, 1.82) is 0 Å². The van der Waals surface area contributed by atoms with Crippen LogP contribution in [0.3, 0.4) is 0 Å². The van der Waals surface area contributed by atoms with Gasteiger partial charge in [-0.05, 0) is 17.7 Å². The Balaban J connectivity index is 2.58. The molecule has 0 amide bonds. The number of hydrogen-bond acceptors (Lipinski definition) is 3. The molecule has 0 aromatic carbocycles. The number of nitrogens with zero attached hydrogens (tertiary/aromatic N) is 2. The Morgan fingerprint density at radius 3 is 2.73 bits per heavy atom. The number of nitrogens with one attached hydrogen (secondary N) is 1. The molecule has 0 atom stereocenters. The van der Waals surface area contributed by atoms with Crippen molar-refractivity contribution in [2.45, 2.75) is 0 Å². The van der Waals surface area contributed by atoms with Crippen LogP contribution in [0.25, 0.3) is 11.3 Å². The van der Waals surface area contributed by atoms with Gasteiger partial charge in [-0.2, -0.15) is 0 Å². The Kier molecular flexibility index (Phi) is 2.70. The van der Waals surface area contributed by atoms with Gasteiger partial charge in [-0.15, -0.1) is 0 Å². The fourth-order valence-corrected chi connectivity index (χ4v) is 1.44. The summed E-state index contributed by atoms with van der Waals surface area (Å²) in [6.45, 7) is 0. The maximum atomic E-state index is 10.9. The highest BCUT2D eigenvalue weighted by molar-refractivity contribution is 6.33. The van der Waals surface area contributed by atoms with Crippen LogP contribution in [0.5, 0.6) is 0 Å². The molecule has 0 aliphatic heterocycles. The lowest BCUT2D eigenvalue weighted by Crippen LogP contribution is -2.02. The summed E-state index contributed by atoms with van der Waals surface area (Å²) in [4.78, 5) is 21.1. The van der Waals surface area contributed by atoms with E-state index in [4.69, 9.17) is 23.2 Å². The fourth-order valence-electron chi connectivity index (χ4n) is 1.11. The molecule has 4 nitrogen and oxygen atoms in total. The number of pyridine rings is 1. The largest absolute Gasteiger partial charge is 0.328 e. The second kappa shape index (κ2) is 4.00. The second-order valence-corrected chi connectivity index (χ2v) is 3.52. The number of hydrogen-bond donors (Lipinski definition) is 1. The average molecular weight is 242 g/mol. The molecule has 0 saturated carbocycles. The lowest BCUT2D eigenvalue weighted by Gasteiger charge is -2.02. The van der Waals surface area contributed by atoms with Gasteiger partial charge in [0.1, 0.15) is 0 Å². The summed E-state index contributed by atoms with van der Waals surface area (Å²) in [5, 5.41) is 0.493. The van der Waals surface area contributed by atoms with E-state index in [0.717, 1.165) is 0 Å².